The van der Waals surface area contributed by atoms with Crippen molar-refractivity contribution in [2.45, 2.75) is 51.2 Å². The van der Waals surface area contributed by atoms with Gasteiger partial charge in [0, 0.05) is 13.0 Å². The van der Waals surface area contributed by atoms with Crippen molar-refractivity contribution in [2.75, 3.05) is 13.2 Å². The van der Waals surface area contributed by atoms with Crippen LogP contribution in [0.25, 0.3) is 0 Å². The highest BCUT2D eigenvalue weighted by Gasteiger charge is 2.30. The molecular weight excluding hydrogens is 306 g/mol. The maximum atomic E-state index is 12.2. The SMILES string of the molecule is C[C@@H]1CCCC[C@H]1OCCNC(=O)[C@@H]1Cc2ccccc2C(=O)O1. The second-order valence-corrected chi connectivity index (χ2v) is 6.72. The number of hydrogen-bond acceptors (Lipinski definition) is 4. The van der Waals surface area contributed by atoms with Crippen LogP contribution in [0.2, 0.25) is 0 Å². The van der Waals surface area contributed by atoms with Crippen LogP contribution in [-0.4, -0.2) is 37.2 Å². The molecule has 1 aliphatic carbocycles. The van der Waals surface area contributed by atoms with Crippen molar-refractivity contribution >= 4 is 11.9 Å². The zero-order valence-corrected chi connectivity index (χ0v) is 14.1. The van der Waals surface area contributed by atoms with Crippen molar-refractivity contribution < 1.29 is 19.1 Å². The molecule has 2 aliphatic rings. The summed E-state index contributed by atoms with van der Waals surface area (Å²) in [5, 5.41) is 2.82. The molecule has 1 saturated carbocycles. The number of ether oxygens (including phenoxy) is 2. The highest BCUT2D eigenvalue weighted by molar-refractivity contribution is 5.95. The second kappa shape index (κ2) is 7.79. The molecule has 0 aromatic heterocycles. The molecule has 0 radical (unpaired) electrons. The summed E-state index contributed by atoms with van der Waals surface area (Å²) < 4.78 is 11.1. The molecule has 1 aliphatic heterocycles. The molecule has 1 aromatic carbocycles. The Morgan fingerprint density at radius 2 is 2.08 bits per heavy atom. The average Bonchev–Trinajstić information content (AvgIpc) is 2.60. The number of hydrogen-bond donors (Lipinski definition) is 1. The lowest BCUT2D eigenvalue weighted by atomic mass is 9.88. The fourth-order valence-electron chi connectivity index (χ4n) is 3.51. The van der Waals surface area contributed by atoms with Crippen LogP contribution in [0.15, 0.2) is 24.3 Å². The van der Waals surface area contributed by atoms with Gasteiger partial charge in [-0.15, -0.1) is 0 Å². The molecule has 1 fully saturated rings. The van der Waals surface area contributed by atoms with Crippen molar-refractivity contribution in [1.82, 2.24) is 5.32 Å². The summed E-state index contributed by atoms with van der Waals surface area (Å²) in [6, 6.07) is 7.25. The molecule has 1 aromatic rings. The van der Waals surface area contributed by atoms with Gasteiger partial charge < -0.3 is 14.8 Å². The zero-order valence-electron chi connectivity index (χ0n) is 14.1. The first-order valence-electron chi connectivity index (χ1n) is 8.83. The van der Waals surface area contributed by atoms with E-state index in [0.29, 0.717) is 37.2 Å². The normalized spacial score (nSPS) is 26.4. The van der Waals surface area contributed by atoms with Gasteiger partial charge in [-0.2, -0.15) is 0 Å². The Bertz CT molecular complexity index is 601. The number of amides is 1. The van der Waals surface area contributed by atoms with Crippen LogP contribution < -0.4 is 5.32 Å². The lowest BCUT2D eigenvalue weighted by Gasteiger charge is -2.29. The molecule has 0 spiro atoms. The van der Waals surface area contributed by atoms with E-state index in [0.717, 1.165) is 12.0 Å². The first kappa shape index (κ1) is 17.0. The minimum atomic E-state index is -0.749. The molecule has 0 saturated heterocycles. The number of benzene rings is 1. The van der Waals surface area contributed by atoms with Gasteiger partial charge in [0.15, 0.2) is 6.10 Å². The number of fused-ring (bicyclic) bond motifs is 1. The molecule has 5 heteroatoms. The van der Waals surface area contributed by atoms with E-state index in [1.54, 1.807) is 12.1 Å². The maximum absolute atomic E-state index is 12.2. The summed E-state index contributed by atoms with van der Waals surface area (Å²) in [5.74, 6) is -0.0901. The van der Waals surface area contributed by atoms with Gasteiger partial charge in [-0.1, -0.05) is 38.0 Å². The molecule has 130 valence electrons. The van der Waals surface area contributed by atoms with Crippen molar-refractivity contribution in [3.63, 3.8) is 0 Å². The van der Waals surface area contributed by atoms with Crippen LogP contribution >= 0.6 is 0 Å². The first-order chi connectivity index (χ1) is 11.6. The number of cyclic esters (lactones) is 1. The third-order valence-corrected chi connectivity index (χ3v) is 4.95. The molecule has 24 heavy (non-hydrogen) atoms. The molecule has 1 N–H and O–H groups in total. The fourth-order valence-corrected chi connectivity index (χ4v) is 3.51. The highest BCUT2D eigenvalue weighted by Crippen LogP contribution is 2.26. The topological polar surface area (TPSA) is 64.6 Å². The number of carbonyl (C=O) groups is 2. The molecule has 1 heterocycles. The third kappa shape index (κ3) is 3.96. The van der Waals surface area contributed by atoms with Gasteiger partial charge in [-0.3, -0.25) is 4.79 Å². The Kier molecular flexibility index (Phi) is 5.51. The van der Waals surface area contributed by atoms with E-state index in [1.165, 1.54) is 19.3 Å². The predicted octanol–water partition coefficient (Wildman–Crippen LogP) is 2.48. The number of rotatable bonds is 5. The van der Waals surface area contributed by atoms with E-state index >= 15 is 0 Å². The van der Waals surface area contributed by atoms with E-state index in [9.17, 15) is 9.59 Å². The van der Waals surface area contributed by atoms with Gasteiger partial charge in [0.1, 0.15) is 0 Å². The molecule has 1 amide bonds. The summed E-state index contributed by atoms with van der Waals surface area (Å²) in [4.78, 5) is 24.2. The lowest BCUT2D eigenvalue weighted by Crippen LogP contribution is -2.43. The molecule has 3 rings (SSSR count). The predicted molar refractivity (Wildman–Crippen MR) is 89.7 cm³/mol. The Morgan fingerprint density at radius 1 is 1.29 bits per heavy atom. The first-order valence-corrected chi connectivity index (χ1v) is 8.83. The van der Waals surface area contributed by atoms with E-state index < -0.39 is 12.1 Å². The summed E-state index contributed by atoms with van der Waals surface area (Å²) in [7, 11) is 0. The minimum absolute atomic E-state index is 0.252. The smallest absolute Gasteiger partial charge is 0.339 e. The monoisotopic (exact) mass is 331 g/mol. The van der Waals surface area contributed by atoms with Gasteiger partial charge in [0.25, 0.3) is 5.91 Å². The summed E-state index contributed by atoms with van der Waals surface area (Å²) in [6.07, 6.45) is 4.80. The van der Waals surface area contributed by atoms with Crippen LogP contribution in [0.4, 0.5) is 0 Å². The molecule has 5 nitrogen and oxygen atoms in total. The van der Waals surface area contributed by atoms with E-state index in [-0.39, 0.29) is 5.91 Å². The van der Waals surface area contributed by atoms with Gasteiger partial charge in [-0.05, 0) is 30.4 Å². The third-order valence-electron chi connectivity index (χ3n) is 4.95. The van der Waals surface area contributed by atoms with Gasteiger partial charge in [0.2, 0.25) is 0 Å². The van der Waals surface area contributed by atoms with Crippen molar-refractivity contribution in [1.29, 1.82) is 0 Å². The highest BCUT2D eigenvalue weighted by atomic mass is 16.5. The standard InChI is InChI=1S/C19H25NO4/c1-13-6-2-5-9-16(13)23-11-10-20-18(21)17-12-14-7-3-4-8-15(14)19(22)24-17/h3-4,7-8,13,16-17H,2,5-6,9-12H2,1H3,(H,20,21)/t13-,16-,17+/m1/s1. The Morgan fingerprint density at radius 3 is 2.92 bits per heavy atom. The van der Waals surface area contributed by atoms with Crippen LogP contribution in [-0.2, 0) is 20.7 Å². The van der Waals surface area contributed by atoms with Crippen molar-refractivity contribution in [3.05, 3.63) is 35.4 Å². The minimum Gasteiger partial charge on any atom is -0.448 e. The van der Waals surface area contributed by atoms with Gasteiger partial charge >= 0.3 is 5.97 Å². The van der Waals surface area contributed by atoms with Crippen LogP contribution in [0, 0.1) is 5.92 Å². The lowest BCUT2D eigenvalue weighted by molar-refractivity contribution is -0.130. The second-order valence-electron chi connectivity index (χ2n) is 6.72. The average molecular weight is 331 g/mol. The quantitative estimate of drug-likeness (QED) is 0.665. The Balaban J connectivity index is 1.44. The van der Waals surface area contributed by atoms with Crippen LogP contribution in [0.5, 0.6) is 0 Å². The molecule has 0 bridgehead atoms. The summed E-state index contributed by atoms with van der Waals surface area (Å²) in [5.41, 5.74) is 1.41. The van der Waals surface area contributed by atoms with Gasteiger partial charge in [0.05, 0.1) is 18.3 Å². The van der Waals surface area contributed by atoms with Gasteiger partial charge in [-0.25, -0.2) is 4.79 Å². The van der Waals surface area contributed by atoms with E-state index in [4.69, 9.17) is 9.47 Å². The number of esters is 1. The van der Waals surface area contributed by atoms with E-state index in [1.807, 2.05) is 12.1 Å². The molecule has 0 unspecified atom stereocenters. The largest absolute Gasteiger partial charge is 0.448 e. The Hall–Kier alpha value is -1.88. The maximum Gasteiger partial charge on any atom is 0.339 e. The number of nitrogens with one attached hydrogen (secondary N) is 1. The fraction of sp³-hybridized carbons (Fsp3) is 0.579. The Labute approximate surface area is 142 Å². The van der Waals surface area contributed by atoms with Crippen LogP contribution in [0.3, 0.4) is 0 Å². The van der Waals surface area contributed by atoms with Crippen molar-refractivity contribution in [2.24, 2.45) is 5.92 Å². The van der Waals surface area contributed by atoms with Crippen molar-refractivity contribution in [3.8, 4) is 0 Å². The summed E-state index contributed by atoms with van der Waals surface area (Å²) >= 11 is 0. The zero-order chi connectivity index (χ0) is 16.9. The van der Waals surface area contributed by atoms with E-state index in [2.05, 4.69) is 12.2 Å². The molecular formula is C19H25NO4. The number of carbonyl (C=O) groups excluding carboxylic acids is 2. The summed E-state index contributed by atoms with van der Waals surface area (Å²) in [6.45, 7) is 3.16. The van der Waals surface area contributed by atoms with Crippen LogP contribution in [0.1, 0.15) is 48.5 Å². The molecule has 3 atom stereocenters.